The normalized spacial score (nSPS) is 12.1. The lowest BCUT2D eigenvalue weighted by molar-refractivity contribution is 0.0800. The summed E-state index contributed by atoms with van der Waals surface area (Å²) in [5.41, 5.74) is 1.91. The van der Waals surface area contributed by atoms with Crippen LogP contribution in [0.4, 0.5) is 5.82 Å². The molecule has 4 rings (SSSR count). The predicted molar refractivity (Wildman–Crippen MR) is 128 cm³/mol. The molecule has 8 heteroatoms. The van der Waals surface area contributed by atoms with E-state index >= 15 is 0 Å². The maximum Gasteiger partial charge on any atom is 0.264 e. The van der Waals surface area contributed by atoms with Gasteiger partial charge in [-0.25, -0.2) is 9.97 Å². The van der Waals surface area contributed by atoms with Gasteiger partial charge in [-0.15, -0.1) is 22.7 Å². The Balaban J connectivity index is 1.57. The molecule has 4 aromatic rings. The zero-order valence-electron chi connectivity index (χ0n) is 17.8. The maximum atomic E-state index is 13.2. The summed E-state index contributed by atoms with van der Waals surface area (Å²) < 4.78 is 0. The number of nitrogens with one attached hydrogen (secondary N) is 1. The van der Waals surface area contributed by atoms with Crippen LogP contribution in [-0.4, -0.2) is 39.4 Å². The van der Waals surface area contributed by atoms with Gasteiger partial charge in [-0.2, -0.15) is 0 Å². The molecule has 0 saturated carbocycles. The van der Waals surface area contributed by atoms with Gasteiger partial charge in [0.2, 0.25) is 0 Å². The molecule has 1 atom stereocenters. The third-order valence-corrected chi connectivity index (χ3v) is 7.48. The summed E-state index contributed by atoms with van der Waals surface area (Å²) in [5, 5.41) is 6.60. The van der Waals surface area contributed by atoms with E-state index in [1.165, 1.54) is 16.2 Å². The summed E-state index contributed by atoms with van der Waals surface area (Å²) in [5.74, 6) is 0.793. The zero-order chi connectivity index (χ0) is 21.8. The minimum Gasteiger partial charge on any atom is -0.362 e. The van der Waals surface area contributed by atoms with Crippen LogP contribution in [0.15, 0.2) is 48.2 Å². The number of aryl methyl sites for hydroxylation is 1. The lowest BCUT2D eigenvalue weighted by Gasteiger charge is -2.17. The van der Waals surface area contributed by atoms with Crippen molar-refractivity contribution < 1.29 is 4.79 Å². The number of anilines is 1. The Labute approximate surface area is 190 Å². The first-order chi connectivity index (χ1) is 15.1. The molecular weight excluding hydrogens is 426 g/mol. The average Bonchev–Trinajstić information content (AvgIpc) is 3.45. The first-order valence-corrected chi connectivity index (χ1v) is 12.0. The molecule has 160 valence electrons. The number of fused-ring (bicyclic) bond motifs is 1. The fourth-order valence-electron chi connectivity index (χ4n) is 3.52. The molecule has 0 aliphatic heterocycles. The minimum atomic E-state index is 0.00711. The highest BCUT2D eigenvalue weighted by molar-refractivity contribution is 7.20. The van der Waals surface area contributed by atoms with Crippen molar-refractivity contribution >= 4 is 44.6 Å². The first-order valence-electron chi connectivity index (χ1n) is 10.3. The van der Waals surface area contributed by atoms with Gasteiger partial charge in [-0.05, 0) is 42.5 Å². The molecule has 0 aliphatic rings. The van der Waals surface area contributed by atoms with Crippen LogP contribution in [0.2, 0.25) is 0 Å². The van der Waals surface area contributed by atoms with Gasteiger partial charge in [0.25, 0.3) is 5.91 Å². The molecule has 31 heavy (non-hydrogen) atoms. The third kappa shape index (κ3) is 4.60. The zero-order valence-corrected chi connectivity index (χ0v) is 19.5. The highest BCUT2D eigenvalue weighted by Crippen LogP contribution is 2.36. The number of carbonyl (C=O) groups excluding carboxylic acids is 1. The Morgan fingerprint density at radius 3 is 2.77 bits per heavy atom. The van der Waals surface area contributed by atoms with E-state index in [-0.39, 0.29) is 11.9 Å². The molecule has 1 amide bonds. The molecule has 6 nitrogen and oxygen atoms in total. The number of aromatic nitrogens is 3. The average molecular weight is 452 g/mol. The van der Waals surface area contributed by atoms with Gasteiger partial charge in [-0.3, -0.25) is 9.78 Å². The van der Waals surface area contributed by atoms with Crippen LogP contribution in [0.1, 0.15) is 45.2 Å². The van der Waals surface area contributed by atoms with E-state index in [1.54, 1.807) is 28.8 Å². The van der Waals surface area contributed by atoms with E-state index in [4.69, 9.17) is 0 Å². The monoisotopic (exact) mass is 451 g/mol. The van der Waals surface area contributed by atoms with Crippen LogP contribution in [0.5, 0.6) is 0 Å². The molecule has 0 saturated heterocycles. The van der Waals surface area contributed by atoms with Crippen molar-refractivity contribution in [3.05, 3.63) is 69.2 Å². The van der Waals surface area contributed by atoms with Gasteiger partial charge in [0, 0.05) is 36.8 Å². The van der Waals surface area contributed by atoms with E-state index < -0.39 is 0 Å². The van der Waals surface area contributed by atoms with Gasteiger partial charge in [0.1, 0.15) is 17.0 Å². The standard InChI is InChI=1S/C23H25N5OS2/c1-4-17(18-9-7-13-30-18)27-21-19-15(2)20(31-22(19)26-14-25-21)23(29)28(3)12-10-16-8-5-6-11-24-16/h5-9,11,13-14,17H,4,10,12H2,1-3H3,(H,25,26,27)/t17-/m1/s1. The van der Waals surface area contributed by atoms with Crippen molar-refractivity contribution in [3.63, 3.8) is 0 Å². The highest BCUT2D eigenvalue weighted by Gasteiger charge is 2.23. The topological polar surface area (TPSA) is 71.0 Å². The number of nitrogens with zero attached hydrogens (tertiary/aromatic N) is 4. The van der Waals surface area contributed by atoms with Crippen LogP contribution in [-0.2, 0) is 6.42 Å². The van der Waals surface area contributed by atoms with Crippen LogP contribution in [0, 0.1) is 6.92 Å². The summed E-state index contributed by atoms with van der Waals surface area (Å²) in [7, 11) is 1.84. The van der Waals surface area contributed by atoms with Gasteiger partial charge >= 0.3 is 0 Å². The van der Waals surface area contributed by atoms with Crippen LogP contribution >= 0.6 is 22.7 Å². The molecule has 0 bridgehead atoms. The molecule has 1 N–H and O–H groups in total. The van der Waals surface area contributed by atoms with Gasteiger partial charge in [0.05, 0.1) is 16.3 Å². The highest BCUT2D eigenvalue weighted by atomic mass is 32.1. The quantitative estimate of drug-likeness (QED) is 0.392. The van der Waals surface area contributed by atoms with Gasteiger partial charge < -0.3 is 10.2 Å². The molecule has 4 heterocycles. The second kappa shape index (κ2) is 9.53. The number of amides is 1. The van der Waals surface area contributed by atoms with Crippen LogP contribution < -0.4 is 5.32 Å². The summed E-state index contributed by atoms with van der Waals surface area (Å²) in [4.78, 5) is 31.1. The maximum absolute atomic E-state index is 13.2. The van der Waals surface area contributed by atoms with Gasteiger partial charge in [0.15, 0.2) is 0 Å². The number of thiophene rings is 2. The second-order valence-corrected chi connectivity index (χ2v) is 9.36. The third-order valence-electron chi connectivity index (χ3n) is 5.30. The largest absolute Gasteiger partial charge is 0.362 e. The molecular formula is C23H25N5OS2. The number of likely N-dealkylation sites (N-methyl/N-ethyl adjacent to an activating group) is 1. The van der Waals surface area contributed by atoms with Crippen molar-refractivity contribution in [2.75, 3.05) is 18.9 Å². The fourth-order valence-corrected chi connectivity index (χ4v) is 5.52. The van der Waals surface area contributed by atoms with Crippen molar-refractivity contribution in [3.8, 4) is 0 Å². The van der Waals surface area contributed by atoms with Crippen molar-refractivity contribution in [2.45, 2.75) is 32.7 Å². The summed E-state index contributed by atoms with van der Waals surface area (Å²) >= 11 is 3.17. The van der Waals surface area contributed by atoms with Crippen LogP contribution in [0.25, 0.3) is 10.2 Å². The van der Waals surface area contributed by atoms with E-state index in [0.717, 1.165) is 40.1 Å². The summed E-state index contributed by atoms with van der Waals surface area (Å²) in [6, 6.07) is 10.2. The van der Waals surface area contributed by atoms with E-state index in [0.29, 0.717) is 11.4 Å². The number of hydrogen-bond donors (Lipinski definition) is 1. The lowest BCUT2D eigenvalue weighted by atomic mass is 10.1. The number of hydrogen-bond acceptors (Lipinski definition) is 7. The molecule has 0 fully saturated rings. The Morgan fingerprint density at radius 1 is 1.19 bits per heavy atom. The van der Waals surface area contributed by atoms with Crippen LogP contribution in [0.3, 0.4) is 0 Å². The Morgan fingerprint density at radius 2 is 2.06 bits per heavy atom. The van der Waals surface area contributed by atoms with E-state index in [1.807, 2.05) is 32.2 Å². The van der Waals surface area contributed by atoms with Crippen molar-refractivity contribution in [1.29, 1.82) is 0 Å². The summed E-state index contributed by atoms with van der Waals surface area (Å²) in [6.07, 6.45) is 5.01. The minimum absolute atomic E-state index is 0.00711. The van der Waals surface area contributed by atoms with E-state index in [2.05, 4.69) is 44.7 Å². The molecule has 0 unspecified atom stereocenters. The van der Waals surface area contributed by atoms with Gasteiger partial charge in [-0.1, -0.05) is 19.1 Å². The number of pyridine rings is 1. The molecule has 0 aliphatic carbocycles. The Hall–Kier alpha value is -2.84. The molecule has 4 aromatic heterocycles. The predicted octanol–water partition coefficient (Wildman–Crippen LogP) is 5.33. The second-order valence-electron chi connectivity index (χ2n) is 7.38. The lowest BCUT2D eigenvalue weighted by Crippen LogP contribution is -2.28. The SMILES string of the molecule is CC[C@@H](Nc1ncnc2sc(C(=O)N(C)CCc3ccccn3)c(C)c12)c1cccs1. The fraction of sp³-hybridized carbons (Fsp3) is 0.304. The van der Waals surface area contributed by atoms with E-state index in [9.17, 15) is 4.79 Å². The first kappa shape index (κ1) is 21.4. The molecule has 0 aromatic carbocycles. The Bertz CT molecular complexity index is 1160. The van der Waals surface area contributed by atoms with Crippen molar-refractivity contribution in [1.82, 2.24) is 19.9 Å². The number of carbonyl (C=O) groups is 1. The summed E-state index contributed by atoms with van der Waals surface area (Å²) in [6.45, 7) is 4.75. The van der Waals surface area contributed by atoms with Crippen molar-refractivity contribution in [2.24, 2.45) is 0 Å². The smallest absolute Gasteiger partial charge is 0.264 e. The molecule has 0 radical (unpaired) electrons. The molecule has 0 spiro atoms. The Kier molecular flexibility index (Phi) is 6.58. The number of rotatable bonds is 8.